The molecule has 0 fully saturated rings. The summed E-state index contributed by atoms with van der Waals surface area (Å²) in [6.07, 6.45) is 4.60. The van der Waals surface area contributed by atoms with Gasteiger partial charge in [0, 0.05) is 25.5 Å². The summed E-state index contributed by atoms with van der Waals surface area (Å²) in [6, 6.07) is 8.08. The molecule has 0 radical (unpaired) electrons. The fourth-order valence-electron chi connectivity index (χ4n) is 1.89. The molecule has 4 nitrogen and oxygen atoms in total. The van der Waals surface area contributed by atoms with E-state index in [1.807, 2.05) is 25.1 Å². The zero-order chi connectivity index (χ0) is 13.7. The Hall–Kier alpha value is -2.23. The monoisotopic (exact) mass is 255 g/mol. The number of hydrogen-bond acceptors (Lipinski definition) is 3. The van der Waals surface area contributed by atoms with Crippen molar-refractivity contribution < 1.29 is 4.79 Å². The second-order valence-corrected chi connectivity index (χ2v) is 4.34. The standard InChI is InChI=1S/C15H17N3O/c1-3-18(11-13-7-5-4-6-12(13)2)15(19)14-10-16-8-9-17-14/h4-10H,3,11H2,1-2H3. The Morgan fingerprint density at radius 3 is 2.68 bits per heavy atom. The summed E-state index contributed by atoms with van der Waals surface area (Å²) < 4.78 is 0. The van der Waals surface area contributed by atoms with Crippen molar-refractivity contribution in [3.63, 3.8) is 0 Å². The Morgan fingerprint density at radius 1 is 1.26 bits per heavy atom. The zero-order valence-electron chi connectivity index (χ0n) is 11.2. The predicted octanol–water partition coefficient (Wildman–Crippen LogP) is 2.45. The molecule has 0 saturated carbocycles. The highest BCUT2D eigenvalue weighted by atomic mass is 16.2. The molecular weight excluding hydrogens is 238 g/mol. The zero-order valence-corrected chi connectivity index (χ0v) is 11.2. The molecule has 2 rings (SSSR count). The van der Waals surface area contributed by atoms with E-state index in [9.17, 15) is 4.79 Å². The molecule has 2 aromatic rings. The maximum Gasteiger partial charge on any atom is 0.274 e. The highest BCUT2D eigenvalue weighted by molar-refractivity contribution is 5.91. The van der Waals surface area contributed by atoms with E-state index in [2.05, 4.69) is 23.0 Å². The maximum absolute atomic E-state index is 12.3. The number of carbonyl (C=O) groups excluding carboxylic acids is 1. The third-order valence-electron chi connectivity index (χ3n) is 3.07. The Morgan fingerprint density at radius 2 is 2.05 bits per heavy atom. The van der Waals surface area contributed by atoms with E-state index < -0.39 is 0 Å². The fraction of sp³-hybridized carbons (Fsp3) is 0.267. The maximum atomic E-state index is 12.3. The summed E-state index contributed by atoms with van der Waals surface area (Å²) in [5, 5.41) is 0. The van der Waals surface area contributed by atoms with Crippen LogP contribution in [-0.2, 0) is 6.54 Å². The van der Waals surface area contributed by atoms with Crippen molar-refractivity contribution >= 4 is 5.91 Å². The molecule has 1 amide bonds. The van der Waals surface area contributed by atoms with Gasteiger partial charge in [0.25, 0.3) is 5.91 Å². The second kappa shape index (κ2) is 6.09. The summed E-state index contributed by atoms with van der Waals surface area (Å²) >= 11 is 0. The van der Waals surface area contributed by atoms with Gasteiger partial charge >= 0.3 is 0 Å². The molecule has 1 heterocycles. The van der Waals surface area contributed by atoms with E-state index in [1.165, 1.54) is 18.0 Å². The number of hydrogen-bond donors (Lipinski definition) is 0. The Labute approximate surface area is 113 Å². The van der Waals surface area contributed by atoms with Crippen LogP contribution in [0.5, 0.6) is 0 Å². The van der Waals surface area contributed by atoms with Gasteiger partial charge in [-0.1, -0.05) is 24.3 Å². The van der Waals surface area contributed by atoms with Gasteiger partial charge in [-0.25, -0.2) is 4.98 Å². The first-order valence-electron chi connectivity index (χ1n) is 6.32. The van der Waals surface area contributed by atoms with Crippen molar-refractivity contribution in [3.05, 3.63) is 59.7 Å². The SMILES string of the molecule is CCN(Cc1ccccc1C)C(=O)c1cnccn1. The molecule has 1 aromatic heterocycles. The number of rotatable bonds is 4. The largest absolute Gasteiger partial charge is 0.333 e. The molecule has 0 spiro atoms. The lowest BCUT2D eigenvalue weighted by Gasteiger charge is -2.21. The smallest absolute Gasteiger partial charge is 0.274 e. The summed E-state index contributed by atoms with van der Waals surface area (Å²) in [5.41, 5.74) is 2.73. The van der Waals surface area contributed by atoms with Gasteiger partial charge < -0.3 is 4.90 Å². The van der Waals surface area contributed by atoms with Crippen LogP contribution in [0.25, 0.3) is 0 Å². The predicted molar refractivity (Wildman–Crippen MR) is 73.6 cm³/mol. The van der Waals surface area contributed by atoms with Crippen LogP contribution in [0.1, 0.15) is 28.5 Å². The molecule has 0 atom stereocenters. The molecule has 0 saturated heterocycles. The molecule has 0 aliphatic carbocycles. The van der Waals surface area contributed by atoms with Gasteiger partial charge in [-0.05, 0) is 25.0 Å². The minimum absolute atomic E-state index is 0.0844. The van der Waals surface area contributed by atoms with E-state index in [-0.39, 0.29) is 5.91 Å². The summed E-state index contributed by atoms with van der Waals surface area (Å²) in [4.78, 5) is 22.1. The van der Waals surface area contributed by atoms with Gasteiger partial charge in [0.1, 0.15) is 5.69 Å². The molecule has 0 bridgehead atoms. The molecule has 1 aromatic carbocycles. The van der Waals surface area contributed by atoms with Crippen molar-refractivity contribution in [2.45, 2.75) is 20.4 Å². The lowest BCUT2D eigenvalue weighted by atomic mass is 10.1. The van der Waals surface area contributed by atoms with Crippen LogP contribution in [0.3, 0.4) is 0 Å². The van der Waals surface area contributed by atoms with Crippen LogP contribution >= 0.6 is 0 Å². The van der Waals surface area contributed by atoms with Crippen LogP contribution in [0.15, 0.2) is 42.9 Å². The first-order chi connectivity index (χ1) is 9.22. The first kappa shape index (κ1) is 13.2. The van der Waals surface area contributed by atoms with E-state index in [4.69, 9.17) is 0 Å². The number of aromatic nitrogens is 2. The highest BCUT2D eigenvalue weighted by Crippen LogP contribution is 2.12. The minimum Gasteiger partial charge on any atom is -0.333 e. The van der Waals surface area contributed by atoms with Crippen molar-refractivity contribution in [1.82, 2.24) is 14.9 Å². The van der Waals surface area contributed by atoms with Crippen LogP contribution in [0, 0.1) is 6.92 Å². The third-order valence-corrected chi connectivity index (χ3v) is 3.07. The molecule has 19 heavy (non-hydrogen) atoms. The number of benzene rings is 1. The van der Waals surface area contributed by atoms with Crippen LogP contribution in [-0.4, -0.2) is 27.3 Å². The second-order valence-electron chi connectivity index (χ2n) is 4.34. The number of nitrogens with zero attached hydrogens (tertiary/aromatic N) is 3. The quantitative estimate of drug-likeness (QED) is 0.843. The molecule has 0 aliphatic rings. The van der Waals surface area contributed by atoms with Crippen LogP contribution in [0.4, 0.5) is 0 Å². The van der Waals surface area contributed by atoms with Gasteiger partial charge in [-0.15, -0.1) is 0 Å². The van der Waals surface area contributed by atoms with Crippen molar-refractivity contribution in [2.24, 2.45) is 0 Å². The Bertz CT molecular complexity index is 554. The topological polar surface area (TPSA) is 46.1 Å². The first-order valence-corrected chi connectivity index (χ1v) is 6.32. The summed E-state index contributed by atoms with van der Waals surface area (Å²) in [5.74, 6) is -0.0844. The lowest BCUT2D eigenvalue weighted by Crippen LogP contribution is -2.31. The van der Waals surface area contributed by atoms with E-state index >= 15 is 0 Å². The van der Waals surface area contributed by atoms with Crippen molar-refractivity contribution in [1.29, 1.82) is 0 Å². The average molecular weight is 255 g/mol. The highest BCUT2D eigenvalue weighted by Gasteiger charge is 2.16. The molecule has 98 valence electrons. The number of carbonyl (C=O) groups is 1. The van der Waals surface area contributed by atoms with Gasteiger partial charge in [-0.3, -0.25) is 9.78 Å². The van der Waals surface area contributed by atoms with Crippen molar-refractivity contribution in [3.8, 4) is 0 Å². The summed E-state index contributed by atoms with van der Waals surface area (Å²) in [6.45, 7) is 5.25. The van der Waals surface area contributed by atoms with Gasteiger partial charge in [0.15, 0.2) is 0 Å². The summed E-state index contributed by atoms with van der Waals surface area (Å²) in [7, 11) is 0. The van der Waals surface area contributed by atoms with Crippen LogP contribution < -0.4 is 0 Å². The molecule has 0 aliphatic heterocycles. The van der Waals surface area contributed by atoms with Gasteiger partial charge in [0.2, 0.25) is 0 Å². The number of aryl methyl sites for hydroxylation is 1. The number of amides is 1. The van der Waals surface area contributed by atoms with Crippen LogP contribution in [0.2, 0.25) is 0 Å². The molecular formula is C15H17N3O. The molecule has 4 heteroatoms. The normalized spacial score (nSPS) is 10.2. The minimum atomic E-state index is -0.0844. The van der Waals surface area contributed by atoms with E-state index in [0.29, 0.717) is 18.8 Å². The van der Waals surface area contributed by atoms with Gasteiger partial charge in [-0.2, -0.15) is 0 Å². The van der Waals surface area contributed by atoms with Gasteiger partial charge in [0.05, 0.1) is 6.20 Å². The fourth-order valence-corrected chi connectivity index (χ4v) is 1.89. The van der Waals surface area contributed by atoms with Crippen molar-refractivity contribution in [2.75, 3.05) is 6.54 Å². The Kier molecular flexibility index (Phi) is 4.23. The average Bonchev–Trinajstić information content (AvgIpc) is 2.47. The Balaban J connectivity index is 2.17. The third kappa shape index (κ3) is 3.16. The van der Waals surface area contributed by atoms with E-state index in [1.54, 1.807) is 11.1 Å². The molecule has 0 N–H and O–H groups in total. The van der Waals surface area contributed by atoms with E-state index in [0.717, 1.165) is 5.56 Å². The molecule has 0 unspecified atom stereocenters. The lowest BCUT2D eigenvalue weighted by molar-refractivity contribution is 0.0746.